The minimum absolute atomic E-state index is 0.390. The molecular formula is C25H23NO4. The van der Waals surface area contributed by atoms with Crippen molar-refractivity contribution in [2.24, 2.45) is 0 Å². The van der Waals surface area contributed by atoms with E-state index in [-0.39, 0.29) is 0 Å². The average molecular weight is 401 g/mol. The second kappa shape index (κ2) is 10.6. The van der Waals surface area contributed by atoms with Crippen LogP contribution < -0.4 is 10.1 Å². The largest absolute Gasteiger partial charge is 0.489 e. The fraction of sp³-hybridized carbons (Fsp3) is 0.120. The van der Waals surface area contributed by atoms with E-state index in [1.807, 2.05) is 60.7 Å². The Labute approximate surface area is 176 Å². The molecule has 0 heterocycles. The van der Waals surface area contributed by atoms with Gasteiger partial charge in [0.15, 0.2) is 6.04 Å². The lowest BCUT2D eigenvalue weighted by Crippen LogP contribution is -2.33. The van der Waals surface area contributed by atoms with Crippen LogP contribution in [0.1, 0.15) is 22.7 Å². The van der Waals surface area contributed by atoms with Crippen LogP contribution in [0.5, 0.6) is 5.75 Å². The molecule has 0 saturated heterocycles. The van der Waals surface area contributed by atoms with Gasteiger partial charge in [-0.2, -0.15) is 0 Å². The van der Waals surface area contributed by atoms with E-state index in [0.29, 0.717) is 12.2 Å². The highest BCUT2D eigenvalue weighted by molar-refractivity contribution is 5.94. The zero-order valence-electron chi connectivity index (χ0n) is 16.7. The smallest absolute Gasteiger partial charge is 0.333 e. The summed E-state index contributed by atoms with van der Waals surface area (Å²) in [6, 6.07) is 25.5. The molecule has 1 amide bonds. The number of amides is 1. The molecule has 1 N–H and O–H groups in total. The van der Waals surface area contributed by atoms with Crippen molar-refractivity contribution in [1.82, 2.24) is 5.32 Å². The molecule has 0 spiro atoms. The zero-order valence-corrected chi connectivity index (χ0v) is 16.7. The van der Waals surface area contributed by atoms with E-state index < -0.39 is 17.9 Å². The molecule has 30 heavy (non-hydrogen) atoms. The van der Waals surface area contributed by atoms with E-state index in [1.165, 1.54) is 13.2 Å². The minimum Gasteiger partial charge on any atom is -0.489 e. The van der Waals surface area contributed by atoms with Crippen LogP contribution in [0.4, 0.5) is 0 Å². The van der Waals surface area contributed by atoms with Gasteiger partial charge in [0.25, 0.3) is 0 Å². The Balaban J connectivity index is 1.57. The van der Waals surface area contributed by atoms with Gasteiger partial charge in [0.05, 0.1) is 7.11 Å². The Kier molecular flexibility index (Phi) is 7.39. The summed E-state index contributed by atoms with van der Waals surface area (Å²) in [5.74, 6) is -0.170. The molecule has 0 fully saturated rings. The summed E-state index contributed by atoms with van der Waals surface area (Å²) in [4.78, 5) is 24.4. The van der Waals surface area contributed by atoms with E-state index in [0.717, 1.165) is 16.9 Å². The molecule has 3 rings (SSSR count). The van der Waals surface area contributed by atoms with Crippen LogP contribution in [-0.2, 0) is 20.9 Å². The summed E-state index contributed by atoms with van der Waals surface area (Å²) >= 11 is 0. The highest BCUT2D eigenvalue weighted by Crippen LogP contribution is 2.16. The van der Waals surface area contributed by atoms with Crippen LogP contribution in [-0.4, -0.2) is 19.0 Å². The van der Waals surface area contributed by atoms with Crippen molar-refractivity contribution < 1.29 is 19.1 Å². The molecule has 5 nitrogen and oxygen atoms in total. The fourth-order valence-corrected chi connectivity index (χ4v) is 2.82. The van der Waals surface area contributed by atoms with Gasteiger partial charge in [0.1, 0.15) is 12.4 Å². The van der Waals surface area contributed by atoms with Crippen molar-refractivity contribution in [3.63, 3.8) is 0 Å². The number of esters is 1. The van der Waals surface area contributed by atoms with Crippen molar-refractivity contribution in [2.45, 2.75) is 12.6 Å². The first-order chi connectivity index (χ1) is 14.7. The average Bonchev–Trinajstić information content (AvgIpc) is 2.81. The van der Waals surface area contributed by atoms with Crippen molar-refractivity contribution in [2.75, 3.05) is 7.11 Å². The lowest BCUT2D eigenvalue weighted by Gasteiger charge is -2.15. The van der Waals surface area contributed by atoms with Crippen LogP contribution in [0.25, 0.3) is 6.08 Å². The Morgan fingerprint density at radius 3 is 2.17 bits per heavy atom. The first-order valence-corrected chi connectivity index (χ1v) is 9.54. The summed E-state index contributed by atoms with van der Waals surface area (Å²) < 4.78 is 10.6. The van der Waals surface area contributed by atoms with Gasteiger partial charge in [0, 0.05) is 6.08 Å². The summed E-state index contributed by atoms with van der Waals surface area (Å²) in [7, 11) is 1.29. The van der Waals surface area contributed by atoms with Gasteiger partial charge < -0.3 is 14.8 Å². The van der Waals surface area contributed by atoms with Crippen molar-refractivity contribution in [3.8, 4) is 5.75 Å². The number of rotatable bonds is 8. The molecule has 0 bridgehead atoms. The minimum atomic E-state index is -0.859. The summed E-state index contributed by atoms with van der Waals surface area (Å²) in [6.07, 6.45) is 3.06. The van der Waals surface area contributed by atoms with E-state index in [9.17, 15) is 9.59 Å². The Hall–Kier alpha value is -3.86. The number of carbonyl (C=O) groups is 2. The first kappa shape index (κ1) is 20.9. The first-order valence-electron chi connectivity index (χ1n) is 9.54. The van der Waals surface area contributed by atoms with E-state index in [2.05, 4.69) is 5.32 Å². The van der Waals surface area contributed by atoms with Gasteiger partial charge in [-0.1, -0.05) is 72.8 Å². The molecule has 0 aromatic heterocycles. The lowest BCUT2D eigenvalue weighted by atomic mass is 10.1. The number of nitrogens with one attached hydrogen (secondary N) is 1. The third-order valence-corrected chi connectivity index (χ3v) is 4.41. The van der Waals surface area contributed by atoms with Crippen LogP contribution in [0.3, 0.4) is 0 Å². The Morgan fingerprint density at radius 1 is 0.900 bits per heavy atom. The number of methoxy groups -OCH3 is 1. The highest BCUT2D eigenvalue weighted by atomic mass is 16.5. The molecule has 0 aliphatic rings. The maximum absolute atomic E-state index is 12.3. The second-order valence-corrected chi connectivity index (χ2v) is 6.55. The topological polar surface area (TPSA) is 64.6 Å². The maximum atomic E-state index is 12.3. The predicted octanol–water partition coefficient (Wildman–Crippen LogP) is 4.31. The Bertz CT molecular complexity index is 983. The summed E-state index contributed by atoms with van der Waals surface area (Å²) in [5.41, 5.74) is 2.59. The van der Waals surface area contributed by atoms with Crippen LogP contribution in [0.2, 0.25) is 0 Å². The SMILES string of the molecule is COC(=O)C(NC(=O)/C=C/c1ccc(OCc2ccccc2)cc1)c1ccccc1. The van der Waals surface area contributed by atoms with Crippen molar-refractivity contribution >= 4 is 18.0 Å². The maximum Gasteiger partial charge on any atom is 0.333 e. The van der Waals surface area contributed by atoms with Gasteiger partial charge in [-0.25, -0.2) is 4.79 Å². The number of hydrogen-bond donors (Lipinski definition) is 1. The van der Waals surface area contributed by atoms with Crippen molar-refractivity contribution in [3.05, 3.63) is 108 Å². The van der Waals surface area contributed by atoms with Gasteiger partial charge in [-0.05, 0) is 34.9 Å². The molecule has 0 aliphatic heterocycles. The van der Waals surface area contributed by atoms with Crippen molar-refractivity contribution in [1.29, 1.82) is 0 Å². The standard InChI is InChI=1S/C25H23NO4/c1-29-25(28)24(21-10-6-3-7-11-21)26-23(27)17-14-19-12-15-22(16-13-19)30-18-20-8-4-2-5-9-20/h2-17,24H,18H2,1H3,(H,26,27)/b17-14+. The lowest BCUT2D eigenvalue weighted by molar-refractivity contribution is -0.144. The molecule has 0 radical (unpaired) electrons. The summed E-state index contributed by atoms with van der Waals surface area (Å²) in [5, 5.41) is 2.68. The molecule has 3 aromatic rings. The molecule has 0 aliphatic carbocycles. The number of hydrogen-bond acceptors (Lipinski definition) is 4. The van der Waals surface area contributed by atoms with E-state index >= 15 is 0 Å². The number of carbonyl (C=O) groups excluding carboxylic acids is 2. The molecule has 152 valence electrons. The van der Waals surface area contributed by atoms with Gasteiger partial charge in [-0.3, -0.25) is 4.79 Å². The summed E-state index contributed by atoms with van der Waals surface area (Å²) in [6.45, 7) is 0.493. The second-order valence-electron chi connectivity index (χ2n) is 6.55. The molecule has 1 unspecified atom stereocenters. The quantitative estimate of drug-likeness (QED) is 0.451. The van der Waals surface area contributed by atoms with Gasteiger partial charge in [-0.15, -0.1) is 0 Å². The van der Waals surface area contributed by atoms with Crippen LogP contribution in [0, 0.1) is 0 Å². The highest BCUT2D eigenvalue weighted by Gasteiger charge is 2.22. The number of benzene rings is 3. The molecule has 5 heteroatoms. The fourth-order valence-electron chi connectivity index (χ4n) is 2.82. The van der Waals surface area contributed by atoms with Gasteiger partial charge in [0.2, 0.25) is 5.91 Å². The molecule has 3 aromatic carbocycles. The molecular weight excluding hydrogens is 378 g/mol. The molecule has 1 atom stereocenters. The molecule has 0 saturated carbocycles. The normalized spacial score (nSPS) is 11.6. The van der Waals surface area contributed by atoms with E-state index in [4.69, 9.17) is 9.47 Å². The van der Waals surface area contributed by atoms with Gasteiger partial charge >= 0.3 is 5.97 Å². The predicted molar refractivity (Wildman–Crippen MR) is 116 cm³/mol. The number of ether oxygens (including phenoxy) is 2. The monoisotopic (exact) mass is 401 g/mol. The van der Waals surface area contributed by atoms with Crippen LogP contribution >= 0.6 is 0 Å². The van der Waals surface area contributed by atoms with E-state index in [1.54, 1.807) is 30.3 Å². The van der Waals surface area contributed by atoms with Crippen LogP contribution in [0.15, 0.2) is 91.0 Å². The third kappa shape index (κ3) is 6.07. The Morgan fingerprint density at radius 2 is 1.53 bits per heavy atom. The zero-order chi connectivity index (χ0) is 21.2. The third-order valence-electron chi connectivity index (χ3n) is 4.41.